The van der Waals surface area contributed by atoms with E-state index in [1.54, 1.807) is 30.5 Å². The number of hydrogen-bond donors (Lipinski definition) is 2. The molecule has 1 saturated heterocycles. The number of ether oxygens (including phenoxy) is 2. The van der Waals surface area contributed by atoms with E-state index in [-0.39, 0.29) is 18.4 Å². The largest absolute Gasteiger partial charge is 0.439 e. The Morgan fingerprint density at radius 3 is 3.04 bits per heavy atom. The number of nitrogens with zero attached hydrogens (tertiary/aromatic N) is 1. The van der Waals surface area contributed by atoms with Crippen molar-refractivity contribution in [2.75, 3.05) is 19.8 Å². The van der Waals surface area contributed by atoms with Crippen LogP contribution in [0.25, 0.3) is 0 Å². The van der Waals surface area contributed by atoms with Crippen molar-refractivity contribution in [3.05, 3.63) is 54.0 Å². The molecule has 1 atom stereocenters. The van der Waals surface area contributed by atoms with Crippen molar-refractivity contribution in [1.29, 1.82) is 0 Å². The minimum atomic E-state index is -0.386. The smallest absolute Gasteiger partial charge is 0.315 e. The number of rotatable bonds is 6. The third kappa shape index (κ3) is 5.15. The van der Waals surface area contributed by atoms with E-state index in [0.29, 0.717) is 36.3 Å². The van der Waals surface area contributed by atoms with Crippen LogP contribution in [-0.4, -0.2) is 30.8 Å². The average Bonchev–Trinajstić information content (AvgIpc) is 3.13. The molecule has 1 fully saturated rings. The standard InChI is InChI=1S/C18H20FN3O3/c19-15-4-1-5-16(9-15)25-17-14(3-2-7-20-17)11-22-18(23)21-10-13-6-8-24-12-13/h1-5,7,9,13H,6,8,10-12H2,(H2,21,22,23)/t13-/m1/s1. The third-order valence-electron chi connectivity index (χ3n) is 3.88. The fraction of sp³-hybridized carbons (Fsp3) is 0.333. The Balaban J connectivity index is 1.54. The summed E-state index contributed by atoms with van der Waals surface area (Å²) >= 11 is 0. The summed E-state index contributed by atoms with van der Waals surface area (Å²) < 4.78 is 24.2. The van der Waals surface area contributed by atoms with Gasteiger partial charge in [0.2, 0.25) is 5.88 Å². The van der Waals surface area contributed by atoms with Gasteiger partial charge in [-0.2, -0.15) is 0 Å². The molecular weight excluding hydrogens is 325 g/mol. The average molecular weight is 345 g/mol. The van der Waals surface area contributed by atoms with Gasteiger partial charge in [0.15, 0.2) is 0 Å². The SMILES string of the molecule is O=C(NCc1cccnc1Oc1cccc(F)c1)NC[C@H]1CCOC1. The maximum atomic E-state index is 13.3. The van der Waals surface area contributed by atoms with Crippen LogP contribution in [0.3, 0.4) is 0 Å². The molecule has 1 aliphatic heterocycles. The molecule has 2 amide bonds. The highest BCUT2D eigenvalue weighted by Gasteiger charge is 2.16. The van der Waals surface area contributed by atoms with Gasteiger partial charge in [-0.25, -0.2) is 14.2 Å². The molecule has 0 saturated carbocycles. The summed E-state index contributed by atoms with van der Waals surface area (Å²) in [5.74, 6) is 0.669. The number of halogens is 1. The summed E-state index contributed by atoms with van der Waals surface area (Å²) in [4.78, 5) is 16.1. The normalized spacial score (nSPS) is 16.4. The van der Waals surface area contributed by atoms with E-state index >= 15 is 0 Å². The van der Waals surface area contributed by atoms with Gasteiger partial charge in [-0.15, -0.1) is 0 Å². The molecule has 1 aliphatic rings. The fourth-order valence-corrected chi connectivity index (χ4v) is 2.51. The van der Waals surface area contributed by atoms with E-state index < -0.39 is 0 Å². The van der Waals surface area contributed by atoms with Gasteiger partial charge in [0.25, 0.3) is 0 Å². The second-order valence-electron chi connectivity index (χ2n) is 5.82. The van der Waals surface area contributed by atoms with Crippen molar-refractivity contribution in [2.24, 2.45) is 5.92 Å². The lowest BCUT2D eigenvalue weighted by Crippen LogP contribution is -2.38. The van der Waals surface area contributed by atoms with Gasteiger partial charge in [-0.05, 0) is 24.6 Å². The summed E-state index contributed by atoms with van der Waals surface area (Å²) in [6.45, 7) is 2.29. The Morgan fingerprint density at radius 1 is 1.32 bits per heavy atom. The molecule has 3 rings (SSSR count). The lowest BCUT2D eigenvalue weighted by atomic mass is 10.1. The Hall–Kier alpha value is -2.67. The van der Waals surface area contributed by atoms with Crippen molar-refractivity contribution in [3.8, 4) is 11.6 Å². The van der Waals surface area contributed by atoms with Gasteiger partial charge in [-0.3, -0.25) is 0 Å². The minimum Gasteiger partial charge on any atom is -0.439 e. The molecule has 2 aromatic rings. The zero-order valence-corrected chi connectivity index (χ0v) is 13.7. The van der Waals surface area contributed by atoms with Gasteiger partial charge in [0.05, 0.1) is 6.61 Å². The minimum absolute atomic E-state index is 0.255. The topological polar surface area (TPSA) is 72.5 Å². The number of benzene rings is 1. The first kappa shape index (κ1) is 17.2. The molecule has 0 radical (unpaired) electrons. The van der Waals surface area contributed by atoms with Crippen molar-refractivity contribution in [1.82, 2.24) is 15.6 Å². The fourth-order valence-electron chi connectivity index (χ4n) is 2.51. The number of aromatic nitrogens is 1. The molecule has 0 unspecified atom stereocenters. The highest BCUT2D eigenvalue weighted by molar-refractivity contribution is 5.73. The first-order chi connectivity index (χ1) is 12.2. The molecule has 6 nitrogen and oxygen atoms in total. The van der Waals surface area contributed by atoms with Gasteiger partial charge in [0.1, 0.15) is 11.6 Å². The van der Waals surface area contributed by atoms with Crippen LogP contribution in [0.2, 0.25) is 0 Å². The molecule has 0 aliphatic carbocycles. The Bertz CT molecular complexity index is 720. The van der Waals surface area contributed by atoms with E-state index in [9.17, 15) is 9.18 Å². The molecule has 1 aromatic carbocycles. The predicted molar refractivity (Wildman–Crippen MR) is 89.9 cm³/mol. The van der Waals surface area contributed by atoms with Gasteiger partial charge >= 0.3 is 6.03 Å². The van der Waals surface area contributed by atoms with E-state index in [0.717, 1.165) is 13.0 Å². The summed E-state index contributed by atoms with van der Waals surface area (Å²) in [6, 6.07) is 9.12. The van der Waals surface area contributed by atoms with Crippen LogP contribution in [0, 0.1) is 11.7 Å². The highest BCUT2D eigenvalue weighted by atomic mass is 19.1. The Morgan fingerprint density at radius 2 is 2.24 bits per heavy atom. The Kier molecular flexibility index (Phi) is 5.79. The summed E-state index contributed by atoms with van der Waals surface area (Å²) in [5, 5.41) is 5.61. The summed E-state index contributed by atoms with van der Waals surface area (Å²) in [5.41, 5.74) is 0.700. The van der Waals surface area contributed by atoms with Crippen LogP contribution >= 0.6 is 0 Å². The lowest BCUT2D eigenvalue weighted by Gasteiger charge is -2.13. The number of amides is 2. The molecule has 25 heavy (non-hydrogen) atoms. The monoisotopic (exact) mass is 345 g/mol. The number of carbonyl (C=O) groups excluding carboxylic acids is 1. The number of urea groups is 1. The van der Waals surface area contributed by atoms with Gasteiger partial charge in [-0.1, -0.05) is 12.1 Å². The number of carbonyl (C=O) groups is 1. The predicted octanol–water partition coefficient (Wildman–Crippen LogP) is 2.85. The molecule has 2 heterocycles. The third-order valence-corrected chi connectivity index (χ3v) is 3.88. The van der Waals surface area contributed by atoms with E-state index in [2.05, 4.69) is 15.6 Å². The molecule has 7 heteroatoms. The molecule has 0 bridgehead atoms. The zero-order chi connectivity index (χ0) is 17.5. The first-order valence-corrected chi connectivity index (χ1v) is 8.17. The maximum Gasteiger partial charge on any atom is 0.315 e. The van der Waals surface area contributed by atoms with E-state index in [1.807, 2.05) is 0 Å². The number of hydrogen-bond acceptors (Lipinski definition) is 4. The Labute approximate surface area is 145 Å². The first-order valence-electron chi connectivity index (χ1n) is 8.17. The highest BCUT2D eigenvalue weighted by Crippen LogP contribution is 2.23. The van der Waals surface area contributed by atoms with E-state index in [4.69, 9.17) is 9.47 Å². The lowest BCUT2D eigenvalue weighted by molar-refractivity contribution is 0.185. The zero-order valence-electron chi connectivity index (χ0n) is 13.7. The second kappa shape index (κ2) is 8.43. The maximum absolute atomic E-state index is 13.3. The van der Waals surface area contributed by atoms with Crippen LogP contribution in [0.15, 0.2) is 42.6 Å². The summed E-state index contributed by atoms with van der Waals surface area (Å²) in [7, 11) is 0. The van der Waals surface area contributed by atoms with Gasteiger partial charge < -0.3 is 20.1 Å². The van der Waals surface area contributed by atoms with Crippen molar-refractivity contribution >= 4 is 6.03 Å². The van der Waals surface area contributed by atoms with Crippen LogP contribution in [0.1, 0.15) is 12.0 Å². The van der Waals surface area contributed by atoms with Crippen LogP contribution in [0.4, 0.5) is 9.18 Å². The molecule has 0 spiro atoms. The number of nitrogens with one attached hydrogen (secondary N) is 2. The number of pyridine rings is 1. The molecule has 2 N–H and O–H groups in total. The van der Waals surface area contributed by atoms with Crippen molar-refractivity contribution in [3.63, 3.8) is 0 Å². The van der Waals surface area contributed by atoms with Gasteiger partial charge in [0, 0.05) is 43.4 Å². The van der Waals surface area contributed by atoms with Crippen LogP contribution < -0.4 is 15.4 Å². The van der Waals surface area contributed by atoms with Crippen LogP contribution in [0.5, 0.6) is 11.6 Å². The quantitative estimate of drug-likeness (QED) is 0.844. The summed E-state index contributed by atoms with van der Waals surface area (Å²) in [6.07, 6.45) is 2.55. The molecular formula is C18H20FN3O3. The molecule has 132 valence electrons. The van der Waals surface area contributed by atoms with Crippen molar-refractivity contribution in [2.45, 2.75) is 13.0 Å². The second-order valence-corrected chi connectivity index (χ2v) is 5.82. The van der Waals surface area contributed by atoms with Crippen LogP contribution in [-0.2, 0) is 11.3 Å². The van der Waals surface area contributed by atoms with Crippen molar-refractivity contribution < 1.29 is 18.7 Å². The molecule has 1 aromatic heterocycles. The van der Waals surface area contributed by atoms with E-state index in [1.165, 1.54) is 12.1 Å².